The predicted octanol–water partition coefficient (Wildman–Crippen LogP) is 4.80. The average Bonchev–Trinajstić information content (AvgIpc) is 2.83. The van der Waals surface area contributed by atoms with Gasteiger partial charge < -0.3 is 28.2 Å². The zero-order valence-electron chi connectivity index (χ0n) is 21.0. The highest BCUT2D eigenvalue weighted by atomic mass is 31.2. The molecule has 0 saturated heterocycles. The number of rotatable bonds is 11. The summed E-state index contributed by atoms with van der Waals surface area (Å²) in [6, 6.07) is 9.13. The molecule has 0 heterocycles. The standard InChI is InChI=1S/C25H31O9P/c1-25(2,3)34-20(26)14-15-35(29,23(27)21-16(30-4)10-8-11-17(21)31-5)24(28)22-18(32-6)12-9-13-19(22)33-7/h8-13H,14-15H2,1-7H3. The van der Waals surface area contributed by atoms with Gasteiger partial charge in [0.2, 0.25) is 18.2 Å². The van der Waals surface area contributed by atoms with E-state index in [-0.39, 0.29) is 34.1 Å². The van der Waals surface area contributed by atoms with E-state index >= 15 is 0 Å². The molecule has 0 atom stereocenters. The van der Waals surface area contributed by atoms with Crippen LogP contribution in [-0.4, -0.2) is 57.2 Å². The van der Waals surface area contributed by atoms with Crippen molar-refractivity contribution < 1.29 is 42.6 Å². The number of carbonyl (C=O) groups is 3. The summed E-state index contributed by atoms with van der Waals surface area (Å²) in [6.07, 6.45) is -0.997. The van der Waals surface area contributed by atoms with E-state index < -0.39 is 42.3 Å². The Morgan fingerprint density at radius 3 is 1.34 bits per heavy atom. The number of hydrogen-bond acceptors (Lipinski definition) is 9. The van der Waals surface area contributed by atoms with Crippen LogP contribution in [0.25, 0.3) is 0 Å². The van der Waals surface area contributed by atoms with Crippen molar-refractivity contribution >= 4 is 24.2 Å². The van der Waals surface area contributed by atoms with Crippen LogP contribution in [0, 0.1) is 0 Å². The van der Waals surface area contributed by atoms with Crippen LogP contribution in [0.1, 0.15) is 47.9 Å². The Hall–Kier alpha value is -3.32. The predicted molar refractivity (Wildman–Crippen MR) is 131 cm³/mol. The maximum Gasteiger partial charge on any atom is 0.306 e. The van der Waals surface area contributed by atoms with Crippen LogP contribution in [-0.2, 0) is 14.1 Å². The van der Waals surface area contributed by atoms with E-state index in [0.29, 0.717) is 0 Å². The third-order valence-electron chi connectivity index (χ3n) is 4.99. The first-order valence-corrected chi connectivity index (χ1v) is 12.6. The summed E-state index contributed by atoms with van der Waals surface area (Å²) in [5.41, 5.74) is -3.13. The van der Waals surface area contributed by atoms with Crippen LogP contribution in [0.15, 0.2) is 36.4 Å². The molecule has 0 saturated carbocycles. The molecule has 2 aromatic rings. The SMILES string of the molecule is COc1cccc(OC)c1C(=O)P(=O)(CCC(=O)OC(C)(C)C)C(=O)c1c(OC)cccc1OC. The zero-order valence-corrected chi connectivity index (χ0v) is 21.9. The zero-order chi connectivity index (χ0) is 26.4. The van der Waals surface area contributed by atoms with E-state index in [1.807, 2.05) is 0 Å². The number of esters is 1. The number of carbonyl (C=O) groups excluding carboxylic acids is 3. The number of ether oxygens (including phenoxy) is 5. The van der Waals surface area contributed by atoms with Gasteiger partial charge in [0, 0.05) is 6.16 Å². The van der Waals surface area contributed by atoms with Crippen molar-refractivity contribution in [3.8, 4) is 23.0 Å². The van der Waals surface area contributed by atoms with Crippen molar-refractivity contribution in [1.82, 2.24) is 0 Å². The Bertz CT molecular complexity index is 1030. The van der Waals surface area contributed by atoms with Gasteiger partial charge in [-0.2, -0.15) is 0 Å². The number of benzene rings is 2. The maximum atomic E-state index is 14.4. The summed E-state index contributed by atoms with van der Waals surface area (Å²) >= 11 is 0. The van der Waals surface area contributed by atoms with Crippen LogP contribution >= 0.6 is 7.14 Å². The first-order chi connectivity index (χ1) is 16.4. The molecule has 35 heavy (non-hydrogen) atoms. The van der Waals surface area contributed by atoms with Gasteiger partial charge >= 0.3 is 5.97 Å². The van der Waals surface area contributed by atoms with E-state index in [1.165, 1.54) is 52.7 Å². The van der Waals surface area contributed by atoms with Gasteiger partial charge in [-0.3, -0.25) is 14.4 Å². The molecule has 2 aromatic carbocycles. The van der Waals surface area contributed by atoms with Gasteiger partial charge in [0.1, 0.15) is 39.7 Å². The highest BCUT2D eigenvalue weighted by Gasteiger charge is 2.45. The molecule has 0 aromatic heterocycles. The molecule has 0 radical (unpaired) electrons. The smallest absolute Gasteiger partial charge is 0.306 e. The van der Waals surface area contributed by atoms with Crippen LogP contribution in [0.5, 0.6) is 23.0 Å². The lowest BCUT2D eigenvalue weighted by molar-refractivity contribution is -0.154. The van der Waals surface area contributed by atoms with Crippen molar-refractivity contribution in [3.63, 3.8) is 0 Å². The third kappa shape index (κ3) is 6.22. The van der Waals surface area contributed by atoms with Crippen molar-refractivity contribution in [2.45, 2.75) is 32.8 Å². The molecule has 0 spiro atoms. The monoisotopic (exact) mass is 506 g/mol. The highest BCUT2D eigenvalue weighted by molar-refractivity contribution is 7.95. The van der Waals surface area contributed by atoms with Crippen LogP contribution in [0.3, 0.4) is 0 Å². The van der Waals surface area contributed by atoms with Crippen molar-refractivity contribution in [3.05, 3.63) is 47.5 Å². The van der Waals surface area contributed by atoms with Gasteiger partial charge in [-0.05, 0) is 45.0 Å². The van der Waals surface area contributed by atoms with E-state index in [2.05, 4.69) is 0 Å². The molecule has 0 aliphatic carbocycles. The van der Waals surface area contributed by atoms with Crippen molar-refractivity contribution in [1.29, 1.82) is 0 Å². The molecule has 0 fully saturated rings. The minimum Gasteiger partial charge on any atom is -0.496 e. The van der Waals surface area contributed by atoms with Gasteiger partial charge in [-0.15, -0.1) is 0 Å². The maximum absolute atomic E-state index is 14.4. The Morgan fingerprint density at radius 2 is 1.06 bits per heavy atom. The normalized spacial score (nSPS) is 11.4. The van der Waals surface area contributed by atoms with Gasteiger partial charge in [-0.1, -0.05) is 12.1 Å². The molecular formula is C25H31O9P. The van der Waals surface area contributed by atoms with Gasteiger partial charge in [-0.25, -0.2) is 0 Å². The molecule has 0 aliphatic rings. The average molecular weight is 506 g/mol. The minimum absolute atomic E-state index is 0.0756. The van der Waals surface area contributed by atoms with Crippen LogP contribution in [0.4, 0.5) is 0 Å². The second kappa shape index (κ2) is 11.4. The highest BCUT2D eigenvalue weighted by Crippen LogP contribution is 2.57. The topological polar surface area (TPSA) is 114 Å². The Kier molecular flexibility index (Phi) is 9.10. The van der Waals surface area contributed by atoms with Gasteiger partial charge in [0.15, 0.2) is 0 Å². The fraction of sp³-hybridized carbons (Fsp3) is 0.400. The van der Waals surface area contributed by atoms with E-state index in [4.69, 9.17) is 23.7 Å². The quantitative estimate of drug-likeness (QED) is 0.313. The fourth-order valence-electron chi connectivity index (χ4n) is 3.42. The molecule has 9 nitrogen and oxygen atoms in total. The van der Waals surface area contributed by atoms with Gasteiger partial charge in [0.05, 0.1) is 34.9 Å². The summed E-state index contributed by atoms with van der Waals surface area (Å²) in [5.74, 6) is -0.395. The summed E-state index contributed by atoms with van der Waals surface area (Å²) in [4.78, 5) is 40.2. The summed E-state index contributed by atoms with van der Waals surface area (Å²) in [6.45, 7) is 5.04. The van der Waals surface area contributed by atoms with E-state index in [0.717, 1.165) is 0 Å². The van der Waals surface area contributed by atoms with Crippen LogP contribution < -0.4 is 18.9 Å². The summed E-state index contributed by atoms with van der Waals surface area (Å²) in [5, 5.41) is 0. The number of methoxy groups -OCH3 is 4. The third-order valence-corrected chi connectivity index (χ3v) is 7.60. The molecule has 0 unspecified atom stereocenters. The summed E-state index contributed by atoms with van der Waals surface area (Å²) in [7, 11) is 0.819. The Labute approximate surface area is 205 Å². The summed E-state index contributed by atoms with van der Waals surface area (Å²) < 4.78 is 40.9. The fourth-order valence-corrected chi connectivity index (χ4v) is 5.67. The van der Waals surface area contributed by atoms with E-state index in [1.54, 1.807) is 32.9 Å². The number of hydrogen-bond donors (Lipinski definition) is 0. The van der Waals surface area contributed by atoms with E-state index in [9.17, 15) is 18.9 Å². The molecule has 0 N–H and O–H groups in total. The largest absolute Gasteiger partial charge is 0.496 e. The van der Waals surface area contributed by atoms with Gasteiger partial charge in [0.25, 0.3) is 0 Å². The van der Waals surface area contributed by atoms with Crippen LogP contribution in [0.2, 0.25) is 0 Å². The molecule has 0 aliphatic heterocycles. The lowest BCUT2D eigenvalue weighted by Crippen LogP contribution is -2.25. The molecule has 0 bridgehead atoms. The second-order valence-corrected chi connectivity index (χ2v) is 11.2. The van der Waals surface area contributed by atoms with Crippen molar-refractivity contribution in [2.24, 2.45) is 0 Å². The first kappa shape index (κ1) is 27.9. The molecular weight excluding hydrogens is 475 g/mol. The first-order valence-electron chi connectivity index (χ1n) is 10.8. The van der Waals surface area contributed by atoms with Crippen molar-refractivity contribution in [2.75, 3.05) is 34.6 Å². The second-order valence-electron chi connectivity index (χ2n) is 8.49. The Morgan fingerprint density at radius 1 is 0.714 bits per heavy atom. The Balaban J connectivity index is 2.70. The molecule has 2 rings (SSSR count). The molecule has 0 amide bonds. The lowest BCUT2D eigenvalue weighted by atomic mass is 10.2. The molecule has 190 valence electrons. The minimum atomic E-state index is -4.52. The lowest BCUT2D eigenvalue weighted by Gasteiger charge is -2.22. The molecule has 10 heteroatoms.